The van der Waals surface area contributed by atoms with E-state index in [9.17, 15) is 9.59 Å². The van der Waals surface area contributed by atoms with Crippen molar-refractivity contribution < 1.29 is 14.3 Å². The molecule has 3 aromatic rings. The van der Waals surface area contributed by atoms with Crippen molar-refractivity contribution in [3.8, 4) is 15.6 Å². The number of hydrogen-bond acceptors (Lipinski definition) is 6. The van der Waals surface area contributed by atoms with Crippen molar-refractivity contribution in [2.45, 2.75) is 6.42 Å². The maximum Gasteiger partial charge on any atom is 0.275 e. The van der Waals surface area contributed by atoms with E-state index in [1.807, 2.05) is 6.07 Å². The predicted octanol–water partition coefficient (Wildman–Crippen LogP) is 4.03. The quantitative estimate of drug-likeness (QED) is 0.618. The summed E-state index contributed by atoms with van der Waals surface area (Å²) >= 11 is 8.72. The summed E-state index contributed by atoms with van der Waals surface area (Å²) < 4.78 is 6.19. The fourth-order valence-corrected chi connectivity index (χ4v) is 3.98. The number of carbonyl (C=O) groups is 2. The van der Waals surface area contributed by atoms with Crippen molar-refractivity contribution in [2.75, 3.05) is 11.9 Å². The van der Waals surface area contributed by atoms with Crippen LogP contribution in [0.15, 0.2) is 41.8 Å². The predicted molar refractivity (Wildman–Crippen MR) is 104 cm³/mol. The van der Waals surface area contributed by atoms with Gasteiger partial charge in [-0.25, -0.2) is 4.98 Å². The second kappa shape index (κ2) is 8.31. The van der Waals surface area contributed by atoms with E-state index in [-0.39, 0.29) is 18.9 Å². The Labute approximate surface area is 162 Å². The van der Waals surface area contributed by atoms with Crippen molar-refractivity contribution in [1.82, 2.24) is 4.98 Å². The first kappa shape index (κ1) is 18.4. The highest BCUT2D eigenvalue weighted by molar-refractivity contribution is 7.23. The number of primary amides is 1. The molecule has 2 heterocycles. The summed E-state index contributed by atoms with van der Waals surface area (Å²) in [6.07, 6.45) is 0.0983. The van der Waals surface area contributed by atoms with Crippen LogP contribution in [0.3, 0.4) is 0 Å². The van der Waals surface area contributed by atoms with Gasteiger partial charge in [0.1, 0.15) is 16.5 Å². The van der Waals surface area contributed by atoms with Gasteiger partial charge in [-0.1, -0.05) is 23.7 Å². The highest BCUT2D eigenvalue weighted by Crippen LogP contribution is 2.33. The summed E-state index contributed by atoms with van der Waals surface area (Å²) in [6.45, 7) is 0.141. The average molecular weight is 408 g/mol. The normalized spacial score (nSPS) is 10.5. The number of halogens is 1. The van der Waals surface area contributed by atoms with Crippen LogP contribution in [0.4, 0.5) is 5.69 Å². The van der Waals surface area contributed by atoms with Crippen molar-refractivity contribution in [3.63, 3.8) is 0 Å². The van der Waals surface area contributed by atoms with E-state index in [1.54, 1.807) is 35.7 Å². The van der Waals surface area contributed by atoms with Gasteiger partial charge in [-0.3, -0.25) is 9.59 Å². The lowest BCUT2D eigenvalue weighted by molar-refractivity contribution is -0.118. The Morgan fingerprint density at radius 2 is 2.04 bits per heavy atom. The number of hydrogen-bond donors (Lipinski definition) is 2. The minimum Gasteiger partial charge on any atom is -0.491 e. The number of thiophene rings is 1. The zero-order chi connectivity index (χ0) is 18.5. The van der Waals surface area contributed by atoms with E-state index in [1.165, 1.54) is 22.7 Å². The second-order valence-electron chi connectivity index (χ2n) is 5.16. The van der Waals surface area contributed by atoms with E-state index in [0.717, 1.165) is 9.88 Å². The van der Waals surface area contributed by atoms with Gasteiger partial charge in [-0.2, -0.15) is 0 Å². The smallest absolute Gasteiger partial charge is 0.275 e. The summed E-state index contributed by atoms with van der Waals surface area (Å²) in [5.74, 6) is -0.334. The zero-order valence-electron chi connectivity index (χ0n) is 13.4. The van der Waals surface area contributed by atoms with Gasteiger partial charge in [0.25, 0.3) is 5.91 Å². The second-order valence-corrected chi connectivity index (χ2v) is 7.73. The first-order chi connectivity index (χ1) is 12.5. The molecule has 0 saturated heterocycles. The number of rotatable bonds is 7. The van der Waals surface area contributed by atoms with Gasteiger partial charge in [-0.15, -0.1) is 22.7 Å². The molecule has 0 bridgehead atoms. The molecule has 26 heavy (non-hydrogen) atoms. The molecule has 3 N–H and O–H groups in total. The molecule has 134 valence electrons. The highest BCUT2D eigenvalue weighted by atomic mass is 35.5. The number of nitrogens with two attached hydrogens (primary N) is 1. The lowest BCUT2D eigenvalue weighted by Crippen LogP contribution is -2.16. The molecule has 0 atom stereocenters. The van der Waals surface area contributed by atoms with Crippen molar-refractivity contribution in [1.29, 1.82) is 0 Å². The Morgan fingerprint density at radius 3 is 2.77 bits per heavy atom. The molecule has 2 aromatic heterocycles. The molecule has 0 aliphatic carbocycles. The van der Waals surface area contributed by atoms with Gasteiger partial charge in [0.05, 0.1) is 27.9 Å². The van der Waals surface area contributed by atoms with Gasteiger partial charge in [0.2, 0.25) is 5.91 Å². The number of para-hydroxylation sites is 2. The SMILES string of the molecule is NC(=O)CCOc1ccccc1NC(=O)c1csc(-c2ccc(Cl)s2)n1. The topological polar surface area (TPSA) is 94.3 Å². The van der Waals surface area contributed by atoms with Crippen LogP contribution < -0.4 is 15.8 Å². The first-order valence-electron chi connectivity index (χ1n) is 7.55. The van der Waals surface area contributed by atoms with Crippen LogP contribution in [0, 0.1) is 0 Å². The Kier molecular flexibility index (Phi) is 5.87. The van der Waals surface area contributed by atoms with Crippen LogP contribution in [0.25, 0.3) is 9.88 Å². The standard InChI is InChI=1S/C17H14ClN3O3S2/c18-14-6-5-13(26-14)17-21-11(9-25-17)16(23)20-10-3-1-2-4-12(10)24-8-7-15(19)22/h1-6,9H,7-8H2,(H2,19,22)(H,20,23). The fraction of sp³-hybridized carbons (Fsp3) is 0.118. The maximum atomic E-state index is 12.5. The molecule has 0 aliphatic rings. The molecule has 2 amide bonds. The highest BCUT2D eigenvalue weighted by Gasteiger charge is 2.15. The molecule has 0 unspecified atom stereocenters. The van der Waals surface area contributed by atoms with E-state index < -0.39 is 5.91 Å². The summed E-state index contributed by atoms with van der Waals surface area (Å²) in [4.78, 5) is 28.6. The summed E-state index contributed by atoms with van der Waals surface area (Å²) in [6, 6.07) is 10.6. The molecule has 6 nitrogen and oxygen atoms in total. The number of carbonyl (C=O) groups excluding carboxylic acids is 2. The van der Waals surface area contributed by atoms with Crippen LogP contribution in [0.1, 0.15) is 16.9 Å². The molecule has 0 radical (unpaired) electrons. The number of anilines is 1. The number of aromatic nitrogens is 1. The third kappa shape index (κ3) is 4.60. The van der Waals surface area contributed by atoms with Crippen LogP contribution in [-0.2, 0) is 4.79 Å². The average Bonchev–Trinajstić information content (AvgIpc) is 3.25. The Hall–Kier alpha value is -2.42. The molecule has 0 spiro atoms. The van der Waals surface area contributed by atoms with E-state index in [2.05, 4.69) is 10.3 Å². The van der Waals surface area contributed by atoms with Crippen LogP contribution in [0.5, 0.6) is 5.75 Å². The molecular weight excluding hydrogens is 394 g/mol. The summed E-state index contributed by atoms with van der Waals surface area (Å²) in [5, 5.41) is 5.20. The van der Waals surface area contributed by atoms with Crippen molar-refractivity contribution in [3.05, 3.63) is 51.8 Å². The molecular formula is C17H14ClN3O3S2. The van der Waals surface area contributed by atoms with Gasteiger partial charge < -0.3 is 15.8 Å². The van der Waals surface area contributed by atoms with Crippen molar-refractivity contribution >= 4 is 51.8 Å². The fourth-order valence-electron chi connectivity index (χ4n) is 2.06. The molecule has 1 aromatic carbocycles. The first-order valence-corrected chi connectivity index (χ1v) is 9.63. The lowest BCUT2D eigenvalue weighted by Gasteiger charge is -2.11. The summed E-state index contributed by atoms with van der Waals surface area (Å²) in [7, 11) is 0. The molecule has 9 heteroatoms. The Morgan fingerprint density at radius 1 is 1.23 bits per heavy atom. The molecule has 3 rings (SSSR count). The minimum absolute atomic E-state index is 0.0983. The molecule has 0 fully saturated rings. The monoisotopic (exact) mass is 407 g/mol. The third-order valence-corrected chi connectivity index (χ3v) is 5.50. The van der Waals surface area contributed by atoms with E-state index in [0.29, 0.717) is 21.5 Å². The summed E-state index contributed by atoms with van der Waals surface area (Å²) in [5.41, 5.74) is 5.90. The van der Waals surface area contributed by atoms with Gasteiger partial charge in [-0.05, 0) is 24.3 Å². The number of nitrogens with zero attached hydrogens (tertiary/aromatic N) is 1. The maximum absolute atomic E-state index is 12.5. The van der Waals surface area contributed by atoms with Gasteiger partial charge in [0, 0.05) is 5.38 Å². The Balaban J connectivity index is 1.70. The van der Waals surface area contributed by atoms with Crippen LogP contribution in [-0.4, -0.2) is 23.4 Å². The minimum atomic E-state index is -0.449. The zero-order valence-corrected chi connectivity index (χ0v) is 15.8. The largest absolute Gasteiger partial charge is 0.491 e. The molecule has 0 aliphatic heterocycles. The van der Waals surface area contributed by atoms with Gasteiger partial charge in [0.15, 0.2) is 0 Å². The van der Waals surface area contributed by atoms with Crippen LogP contribution in [0.2, 0.25) is 4.34 Å². The number of nitrogens with one attached hydrogen (secondary N) is 1. The molecule has 0 saturated carbocycles. The number of benzene rings is 1. The lowest BCUT2D eigenvalue weighted by atomic mass is 10.3. The van der Waals surface area contributed by atoms with E-state index in [4.69, 9.17) is 22.1 Å². The third-order valence-electron chi connectivity index (χ3n) is 3.26. The van der Waals surface area contributed by atoms with E-state index >= 15 is 0 Å². The van der Waals surface area contributed by atoms with Crippen molar-refractivity contribution in [2.24, 2.45) is 5.73 Å². The van der Waals surface area contributed by atoms with Gasteiger partial charge >= 0.3 is 0 Å². The number of ether oxygens (including phenoxy) is 1. The number of amides is 2. The van der Waals surface area contributed by atoms with Crippen LogP contribution >= 0.6 is 34.3 Å². The Bertz CT molecular complexity index is 939. The number of thiazole rings is 1.